The third kappa shape index (κ3) is 2.87. The number of aryl methyl sites for hydroxylation is 2. The molecule has 0 unspecified atom stereocenters. The summed E-state index contributed by atoms with van der Waals surface area (Å²) in [5.74, 6) is 1.98. The summed E-state index contributed by atoms with van der Waals surface area (Å²) in [6.07, 6.45) is 3.78. The lowest BCUT2D eigenvalue weighted by molar-refractivity contribution is 0.741. The number of fused-ring (bicyclic) bond motifs is 1. The lowest BCUT2D eigenvalue weighted by Crippen LogP contribution is -2.22. The van der Waals surface area contributed by atoms with E-state index in [4.69, 9.17) is 4.98 Å². The van der Waals surface area contributed by atoms with Crippen LogP contribution in [-0.2, 0) is 13.6 Å². The van der Waals surface area contributed by atoms with Crippen LogP contribution < -0.4 is 4.90 Å². The van der Waals surface area contributed by atoms with Crippen molar-refractivity contribution in [1.29, 1.82) is 0 Å². The van der Waals surface area contributed by atoms with Crippen molar-refractivity contribution in [2.45, 2.75) is 13.5 Å². The summed E-state index contributed by atoms with van der Waals surface area (Å²) in [6, 6.07) is 14.3. The molecule has 0 saturated heterocycles. The maximum atomic E-state index is 4.78. The topological polar surface area (TPSA) is 51.2 Å². The number of anilines is 1. The molecule has 0 aliphatic carbocycles. The maximum Gasteiger partial charge on any atom is 0.158 e. The second kappa shape index (κ2) is 6.05. The molecule has 0 spiro atoms. The number of benzene rings is 1. The Morgan fingerprint density at radius 2 is 1.92 bits per heavy atom. The number of hydrogen-bond acceptors (Lipinski definition) is 4. The van der Waals surface area contributed by atoms with Gasteiger partial charge in [0.05, 0.1) is 17.9 Å². The van der Waals surface area contributed by atoms with Gasteiger partial charge in [-0.3, -0.25) is 0 Å². The van der Waals surface area contributed by atoms with E-state index in [1.54, 1.807) is 0 Å². The Kier molecular flexibility index (Phi) is 3.72. The Morgan fingerprint density at radius 3 is 2.64 bits per heavy atom. The fourth-order valence-corrected chi connectivity index (χ4v) is 2.94. The van der Waals surface area contributed by atoms with Crippen LogP contribution in [0.2, 0.25) is 0 Å². The smallest absolute Gasteiger partial charge is 0.158 e. The molecule has 0 aliphatic rings. The lowest BCUT2D eigenvalue weighted by Gasteiger charge is -2.20. The standard InChI is InChI=1S/C19H20N6/c1-14-11-17-21-16(15-7-5-4-6-8-15)12-19(25(17)22-14)24(3)13-18-20-9-10-23(18)2/h4-12H,13H2,1-3H3. The van der Waals surface area contributed by atoms with E-state index in [9.17, 15) is 0 Å². The molecule has 3 heterocycles. The molecular formula is C19H20N6. The summed E-state index contributed by atoms with van der Waals surface area (Å²) in [5, 5.41) is 4.61. The Morgan fingerprint density at radius 1 is 1.12 bits per heavy atom. The van der Waals surface area contributed by atoms with Gasteiger partial charge in [0.1, 0.15) is 11.6 Å². The summed E-state index contributed by atoms with van der Waals surface area (Å²) in [5.41, 5.74) is 3.83. The molecule has 0 amide bonds. The third-order valence-electron chi connectivity index (χ3n) is 4.29. The van der Waals surface area contributed by atoms with Crippen LogP contribution in [0.25, 0.3) is 16.9 Å². The molecule has 4 aromatic rings. The molecule has 1 aromatic carbocycles. The molecular weight excluding hydrogens is 312 g/mol. The van der Waals surface area contributed by atoms with Crippen molar-refractivity contribution >= 4 is 11.5 Å². The van der Waals surface area contributed by atoms with Crippen molar-refractivity contribution in [3.05, 3.63) is 66.4 Å². The van der Waals surface area contributed by atoms with Gasteiger partial charge in [0.2, 0.25) is 0 Å². The zero-order valence-corrected chi connectivity index (χ0v) is 14.6. The SMILES string of the molecule is Cc1cc2nc(-c3ccccc3)cc(N(C)Cc3nccn3C)n2n1. The van der Waals surface area contributed by atoms with Crippen molar-refractivity contribution in [2.75, 3.05) is 11.9 Å². The van der Waals surface area contributed by atoms with Crippen molar-refractivity contribution in [1.82, 2.24) is 24.1 Å². The Labute approximate surface area is 146 Å². The van der Waals surface area contributed by atoms with Crippen molar-refractivity contribution < 1.29 is 0 Å². The van der Waals surface area contributed by atoms with E-state index >= 15 is 0 Å². The van der Waals surface area contributed by atoms with Crippen LogP contribution in [0.1, 0.15) is 11.5 Å². The Balaban J connectivity index is 1.82. The van der Waals surface area contributed by atoms with E-state index in [1.807, 2.05) is 59.7 Å². The first-order chi connectivity index (χ1) is 12.1. The van der Waals surface area contributed by atoms with Gasteiger partial charge >= 0.3 is 0 Å². The lowest BCUT2D eigenvalue weighted by atomic mass is 10.1. The molecule has 0 N–H and O–H groups in total. The number of nitrogens with zero attached hydrogens (tertiary/aromatic N) is 6. The molecule has 0 bridgehead atoms. The number of aromatic nitrogens is 5. The van der Waals surface area contributed by atoms with Gasteiger partial charge in [-0.25, -0.2) is 9.97 Å². The van der Waals surface area contributed by atoms with Crippen LogP contribution >= 0.6 is 0 Å². The molecule has 0 atom stereocenters. The normalized spacial score (nSPS) is 11.2. The van der Waals surface area contributed by atoms with E-state index in [0.717, 1.165) is 34.2 Å². The molecule has 4 rings (SSSR count). The molecule has 25 heavy (non-hydrogen) atoms. The number of rotatable bonds is 4. The maximum absolute atomic E-state index is 4.78. The van der Waals surface area contributed by atoms with Crippen molar-refractivity contribution in [3.63, 3.8) is 0 Å². The molecule has 0 radical (unpaired) electrons. The summed E-state index contributed by atoms with van der Waals surface area (Å²) in [4.78, 5) is 11.3. The molecule has 126 valence electrons. The van der Waals surface area contributed by atoms with Crippen LogP contribution in [0, 0.1) is 6.92 Å². The number of imidazole rings is 1. The molecule has 0 fully saturated rings. The number of hydrogen-bond donors (Lipinski definition) is 0. The predicted octanol–water partition coefficient (Wildman–Crippen LogP) is 3.07. The molecule has 3 aromatic heterocycles. The van der Waals surface area contributed by atoms with E-state index in [0.29, 0.717) is 6.54 Å². The van der Waals surface area contributed by atoms with Gasteiger partial charge in [-0.2, -0.15) is 9.61 Å². The first-order valence-electron chi connectivity index (χ1n) is 8.22. The van der Waals surface area contributed by atoms with Crippen LogP contribution in [0.3, 0.4) is 0 Å². The van der Waals surface area contributed by atoms with Crippen LogP contribution in [-0.4, -0.2) is 31.2 Å². The minimum absolute atomic E-state index is 0.690. The van der Waals surface area contributed by atoms with Crippen molar-refractivity contribution in [2.24, 2.45) is 7.05 Å². The summed E-state index contributed by atoms with van der Waals surface area (Å²) in [7, 11) is 4.06. The third-order valence-corrected chi connectivity index (χ3v) is 4.29. The van der Waals surface area contributed by atoms with Gasteiger partial charge in [0.15, 0.2) is 5.65 Å². The average molecular weight is 332 g/mol. The fraction of sp³-hybridized carbons (Fsp3) is 0.211. The Hall–Kier alpha value is -3.15. The first kappa shape index (κ1) is 15.4. The monoisotopic (exact) mass is 332 g/mol. The highest BCUT2D eigenvalue weighted by molar-refractivity contribution is 5.67. The molecule has 6 nitrogen and oxygen atoms in total. The van der Waals surface area contributed by atoms with E-state index in [2.05, 4.69) is 40.2 Å². The van der Waals surface area contributed by atoms with Gasteiger partial charge in [0.25, 0.3) is 0 Å². The predicted molar refractivity (Wildman–Crippen MR) is 98.5 cm³/mol. The van der Waals surface area contributed by atoms with Crippen LogP contribution in [0.4, 0.5) is 5.82 Å². The van der Waals surface area contributed by atoms with Gasteiger partial charge < -0.3 is 9.47 Å². The van der Waals surface area contributed by atoms with Crippen molar-refractivity contribution in [3.8, 4) is 11.3 Å². The van der Waals surface area contributed by atoms with E-state index in [-0.39, 0.29) is 0 Å². The first-order valence-corrected chi connectivity index (χ1v) is 8.22. The minimum atomic E-state index is 0.690. The van der Waals surface area contributed by atoms with Gasteiger partial charge in [-0.15, -0.1) is 0 Å². The van der Waals surface area contributed by atoms with Gasteiger partial charge in [-0.1, -0.05) is 30.3 Å². The van der Waals surface area contributed by atoms with Gasteiger partial charge in [0, 0.05) is 44.2 Å². The van der Waals surface area contributed by atoms with E-state index < -0.39 is 0 Å². The van der Waals surface area contributed by atoms with Crippen LogP contribution in [0.5, 0.6) is 0 Å². The van der Waals surface area contributed by atoms with Crippen LogP contribution in [0.15, 0.2) is 54.9 Å². The second-order valence-corrected chi connectivity index (χ2v) is 6.23. The summed E-state index contributed by atoms with van der Waals surface area (Å²) >= 11 is 0. The second-order valence-electron chi connectivity index (χ2n) is 6.23. The molecule has 0 aliphatic heterocycles. The highest BCUT2D eigenvalue weighted by Gasteiger charge is 2.14. The quantitative estimate of drug-likeness (QED) is 0.576. The fourth-order valence-electron chi connectivity index (χ4n) is 2.94. The van der Waals surface area contributed by atoms with E-state index in [1.165, 1.54) is 0 Å². The minimum Gasteiger partial charge on any atom is -0.352 e. The molecule has 0 saturated carbocycles. The Bertz CT molecular complexity index is 1020. The molecule has 6 heteroatoms. The summed E-state index contributed by atoms with van der Waals surface area (Å²) < 4.78 is 3.92. The summed E-state index contributed by atoms with van der Waals surface area (Å²) in [6.45, 7) is 2.68. The van der Waals surface area contributed by atoms with Gasteiger partial charge in [-0.05, 0) is 6.92 Å². The average Bonchev–Trinajstić information content (AvgIpc) is 3.19. The zero-order valence-electron chi connectivity index (χ0n) is 14.6. The highest BCUT2D eigenvalue weighted by atomic mass is 15.3. The zero-order chi connectivity index (χ0) is 17.4. The highest BCUT2D eigenvalue weighted by Crippen LogP contribution is 2.25. The largest absolute Gasteiger partial charge is 0.352 e.